The van der Waals surface area contributed by atoms with Crippen LogP contribution in [0.25, 0.3) is 10.9 Å². The molecular formula is C58H79ClN10O16. The molecule has 2 saturated heterocycles. The molecular weight excluding hydrogens is 1130 g/mol. The molecule has 0 aliphatic carbocycles. The predicted octanol–water partition coefficient (Wildman–Crippen LogP) is 2.21. The zero-order valence-corrected chi connectivity index (χ0v) is 51.0. The van der Waals surface area contributed by atoms with Gasteiger partial charge >= 0.3 is 18.0 Å². The van der Waals surface area contributed by atoms with Gasteiger partial charge in [0.25, 0.3) is 5.79 Å². The van der Waals surface area contributed by atoms with E-state index in [1.165, 1.54) is 63.1 Å². The Kier molecular flexibility index (Phi) is 22.0. The third kappa shape index (κ3) is 15.6. The van der Waals surface area contributed by atoms with E-state index in [1.54, 1.807) is 44.3 Å². The third-order valence-electron chi connectivity index (χ3n) is 15.9. The van der Waals surface area contributed by atoms with E-state index in [2.05, 4.69) is 32.8 Å². The van der Waals surface area contributed by atoms with Crippen molar-refractivity contribution in [2.24, 2.45) is 5.92 Å². The van der Waals surface area contributed by atoms with E-state index in [-0.39, 0.29) is 29.3 Å². The lowest BCUT2D eigenvalue weighted by Crippen LogP contribution is -2.64. The van der Waals surface area contributed by atoms with Crippen molar-refractivity contribution >= 4 is 81.7 Å². The van der Waals surface area contributed by atoms with Crippen molar-refractivity contribution in [3.63, 3.8) is 0 Å². The first-order chi connectivity index (χ1) is 40.0. The van der Waals surface area contributed by atoms with Gasteiger partial charge in [-0.2, -0.15) is 0 Å². The van der Waals surface area contributed by atoms with Crippen LogP contribution in [0.1, 0.15) is 72.1 Å². The number of hydrazine groups is 1. The molecule has 0 spiro atoms. The number of nitrogens with one attached hydrogen (secondary N) is 5. The van der Waals surface area contributed by atoms with Crippen molar-refractivity contribution in [2.45, 2.75) is 128 Å². The Morgan fingerprint density at radius 2 is 1.54 bits per heavy atom. The molecule has 1 aromatic heterocycles. The topological polar surface area (TPSA) is 311 Å². The van der Waals surface area contributed by atoms with Crippen LogP contribution in [0.2, 0.25) is 5.02 Å². The highest BCUT2D eigenvalue weighted by Crippen LogP contribution is 2.55. The van der Waals surface area contributed by atoms with Crippen molar-refractivity contribution in [3.05, 3.63) is 82.5 Å². The zero-order chi connectivity index (χ0) is 62.9. The van der Waals surface area contributed by atoms with Gasteiger partial charge in [0.05, 0.1) is 39.0 Å². The molecule has 2 unspecified atom stereocenters. The van der Waals surface area contributed by atoms with E-state index in [9.17, 15) is 43.5 Å². The zero-order valence-electron chi connectivity index (χ0n) is 50.3. The summed E-state index contributed by atoms with van der Waals surface area (Å²) in [5.41, 5.74) is 2.52. The number of halogens is 1. The lowest BCUT2D eigenvalue weighted by Gasteiger charge is -2.42. The van der Waals surface area contributed by atoms with Gasteiger partial charge < -0.3 is 68.7 Å². The average Bonchev–Trinajstić information content (AvgIpc) is 1.77. The normalized spacial score (nSPS) is 24.9. The average molecular weight is 1210 g/mol. The number of epoxide rings is 1. The Labute approximate surface area is 498 Å². The summed E-state index contributed by atoms with van der Waals surface area (Å²) in [6.45, 7) is 7.90. The van der Waals surface area contributed by atoms with Crippen molar-refractivity contribution < 1.29 is 76.7 Å². The van der Waals surface area contributed by atoms with Crippen LogP contribution in [-0.4, -0.2) is 195 Å². The summed E-state index contributed by atoms with van der Waals surface area (Å²) in [6, 6.07) is 10.3. The molecule has 0 saturated carbocycles. The van der Waals surface area contributed by atoms with Crippen molar-refractivity contribution in [3.8, 4) is 5.75 Å². The molecule has 4 heterocycles. The summed E-state index contributed by atoms with van der Waals surface area (Å²) in [7, 11) is 10.4. The molecule has 27 heteroatoms. The van der Waals surface area contributed by atoms with Crippen LogP contribution in [0.15, 0.2) is 66.3 Å². The molecule has 85 heavy (non-hydrogen) atoms. The summed E-state index contributed by atoms with van der Waals surface area (Å²) < 4.78 is 38.1. The first-order valence-corrected chi connectivity index (χ1v) is 28.0. The van der Waals surface area contributed by atoms with Gasteiger partial charge in [-0.25, -0.2) is 19.4 Å². The first kappa shape index (κ1) is 66.5. The largest absolute Gasteiger partial charge is 0.495 e. The number of likely N-dealkylation sites (N-methyl/N-ethyl adjacent to an activating group) is 2. The number of aromatic nitrogens is 1. The maximum absolute atomic E-state index is 15.1. The van der Waals surface area contributed by atoms with Crippen molar-refractivity contribution in [1.82, 2.24) is 46.1 Å². The van der Waals surface area contributed by atoms with Crippen LogP contribution in [0.5, 0.6) is 5.75 Å². The second kappa shape index (κ2) is 28.1. The number of benzene rings is 2. The molecule has 7 amide bonds. The summed E-state index contributed by atoms with van der Waals surface area (Å²) in [5.74, 6) is -9.98. The van der Waals surface area contributed by atoms with Crippen LogP contribution >= 0.6 is 11.6 Å². The van der Waals surface area contributed by atoms with Crippen LogP contribution in [0.3, 0.4) is 0 Å². The van der Waals surface area contributed by atoms with E-state index in [0.29, 0.717) is 25.1 Å². The number of esters is 2. The number of hydrogen-bond donors (Lipinski definition) is 6. The summed E-state index contributed by atoms with van der Waals surface area (Å²) in [4.78, 5) is 126. The van der Waals surface area contributed by atoms with Crippen LogP contribution in [0.4, 0.5) is 10.5 Å². The number of ether oxygens (including phenoxy) is 6. The Morgan fingerprint density at radius 3 is 2.16 bits per heavy atom. The summed E-state index contributed by atoms with van der Waals surface area (Å²) in [6.07, 6.45) is -0.384. The molecule has 3 aliphatic heterocycles. The van der Waals surface area contributed by atoms with Crippen LogP contribution < -0.4 is 36.3 Å². The minimum atomic E-state index is -2.77. The number of alkyl carbamates (subject to hydrolysis) is 1. The first-order valence-electron chi connectivity index (χ1n) is 27.6. The summed E-state index contributed by atoms with van der Waals surface area (Å²) >= 11 is 6.90. The highest BCUT2D eigenvalue weighted by Gasteiger charge is 2.74. The lowest BCUT2D eigenvalue weighted by molar-refractivity contribution is -0.255. The smallest absolute Gasteiger partial charge is 0.409 e. The van der Waals surface area contributed by atoms with E-state index in [4.69, 9.17) is 40.0 Å². The van der Waals surface area contributed by atoms with Crippen LogP contribution in [0, 0.1) is 5.92 Å². The number of rotatable bonds is 20. The number of methoxy groups -OCH3 is 2. The van der Waals surface area contributed by atoms with Gasteiger partial charge in [0.15, 0.2) is 11.3 Å². The van der Waals surface area contributed by atoms with Crippen LogP contribution in [-0.2, 0) is 81.6 Å². The third-order valence-corrected chi connectivity index (χ3v) is 16.3. The predicted molar refractivity (Wildman–Crippen MR) is 310 cm³/mol. The Bertz CT molecular complexity index is 3100. The fourth-order valence-electron chi connectivity index (χ4n) is 10.1. The lowest BCUT2D eigenvalue weighted by atomic mass is 9.82. The molecule has 6 rings (SSSR count). The molecule has 4 bridgehead atoms. The number of para-hydroxylation sites is 1. The second-order valence-electron chi connectivity index (χ2n) is 21.8. The molecule has 464 valence electrons. The Hall–Kier alpha value is -7.62. The van der Waals surface area contributed by atoms with Crippen molar-refractivity contribution in [2.75, 3.05) is 74.0 Å². The van der Waals surface area contributed by atoms with E-state index < -0.39 is 133 Å². The number of allylic oxidation sites excluding steroid dienone is 3. The van der Waals surface area contributed by atoms with Gasteiger partial charge in [-0.1, -0.05) is 60.5 Å². The fourth-order valence-corrected chi connectivity index (χ4v) is 10.4. The highest BCUT2D eigenvalue weighted by molar-refractivity contribution is 6.35. The molecule has 6 N–H and O–H groups in total. The van der Waals surface area contributed by atoms with Gasteiger partial charge in [-0.15, -0.1) is 0 Å². The molecule has 2 aromatic carbocycles. The molecule has 26 nitrogen and oxygen atoms in total. The minimum absolute atomic E-state index is 0.0213. The fraction of sp³-hybridized carbons (Fsp3) is 0.534. The highest BCUT2D eigenvalue weighted by atomic mass is 35.5. The Morgan fingerprint density at radius 1 is 0.918 bits per heavy atom. The number of hydrogen-bond acceptors (Lipinski definition) is 18. The second-order valence-corrected chi connectivity index (χ2v) is 22.2. The van der Waals surface area contributed by atoms with Gasteiger partial charge in [-0.3, -0.25) is 39.5 Å². The molecule has 0 radical (unpaired) electrons. The van der Waals surface area contributed by atoms with E-state index in [0.717, 1.165) is 36.9 Å². The molecule has 3 aliphatic rings. The number of amides is 7. The van der Waals surface area contributed by atoms with Gasteiger partial charge in [0.2, 0.25) is 35.4 Å². The maximum atomic E-state index is 15.1. The van der Waals surface area contributed by atoms with Crippen molar-refractivity contribution in [1.29, 1.82) is 0 Å². The number of carbonyl (C=O) groups excluding carboxylic acids is 9. The Balaban J connectivity index is 1.22. The maximum Gasteiger partial charge on any atom is 0.409 e. The molecule has 2 fully saturated rings. The number of aryl methyl sites for hydroxylation is 1. The summed E-state index contributed by atoms with van der Waals surface area (Å²) in [5, 5.41) is 24.8. The molecule has 9 atom stereocenters. The minimum Gasteiger partial charge on any atom is -0.495 e. The number of fused-ring (bicyclic) bond motifs is 6. The number of carbonyl (C=O) groups is 9. The van der Waals surface area contributed by atoms with Gasteiger partial charge in [0.1, 0.15) is 47.6 Å². The van der Waals surface area contributed by atoms with Gasteiger partial charge in [0, 0.05) is 78.7 Å². The quantitative estimate of drug-likeness (QED) is 0.0409. The number of nitrogens with zero attached hydrogens (tertiary/aromatic N) is 5. The standard InChI is InChI=1S/C58H79ClN10O16/c1-33-17-16-20-45(81-13)57(79)27-44(82-55(78)64-57)34(2)52-56(6,83-52)58(84-53(76)35(3)66(9)37(5)70,28-49(74)68(11)42-24-38(23-33)25-43(80-12)51(42)59)85-54(77)36(4)67(10)50(75)31-63-48(73)30-62-47(72)29-61-46(71)21-22-69-40(32-65(8)60-7)26-39-18-14-15-19-41(39)69/h14-20,24-26,34-36,44-45,52,60,79H,21-23,27-32H2,1-13H3,(H,61,71)(H,62,72)(H,63,73)(H,64,78)/b20-16+,33-17+/t34-,35+,36?,44+,45?,52+,56-,57+,58-/m1/s1. The van der Waals surface area contributed by atoms with Gasteiger partial charge in [-0.05, 0) is 76.4 Å². The number of aliphatic hydroxyl groups is 1. The van der Waals surface area contributed by atoms with E-state index >= 15 is 4.79 Å². The number of anilines is 1. The molecule has 3 aromatic rings. The van der Waals surface area contributed by atoms with E-state index in [1.807, 2.05) is 47.8 Å². The monoisotopic (exact) mass is 1210 g/mol. The SMILES string of the molecule is CNN(C)Cc1cc2ccccc2n1CCC(=O)NCC(=O)NCC(=O)NCC(=O)N(C)C(C)C(=O)O[C@]1(OC(=O)[C@H](C)N(C)C(C)=O)CC(=O)N(C)c2cc(cc(OC)c2Cl)C/C(C)=C/C=C/C(OC)[C@@]2(O)C[C@H](OC(=O)N2)[C@@H](C)[C@@H]2O[C@]21C.